The number of nitrogens with zero attached hydrogens (tertiary/aromatic N) is 2. The molecule has 3 aliphatic carbocycles. The third-order valence-electron chi connectivity index (χ3n) is 5.80. The first-order chi connectivity index (χ1) is 10.2. The Balaban J connectivity index is 1.25. The van der Waals surface area contributed by atoms with Crippen LogP contribution < -0.4 is 5.32 Å². The molecule has 3 fully saturated rings. The van der Waals surface area contributed by atoms with Crippen LogP contribution in [0.25, 0.3) is 0 Å². The maximum atomic E-state index is 4.53. The smallest absolute Gasteiger partial charge is 0.121 e. The Hall–Kier alpha value is -0.480. The van der Waals surface area contributed by atoms with Crippen molar-refractivity contribution < 1.29 is 0 Å². The number of aromatic nitrogens is 2. The summed E-state index contributed by atoms with van der Waals surface area (Å²) in [6.07, 6.45) is 6.80. The van der Waals surface area contributed by atoms with Gasteiger partial charge in [-0.2, -0.15) is 0 Å². The Morgan fingerprint density at radius 2 is 1.95 bits per heavy atom. The van der Waals surface area contributed by atoms with E-state index in [1.807, 2.05) is 11.3 Å². The van der Waals surface area contributed by atoms with E-state index < -0.39 is 0 Å². The van der Waals surface area contributed by atoms with Crippen LogP contribution in [-0.4, -0.2) is 23.3 Å². The molecule has 0 aromatic carbocycles. The molecule has 2 bridgehead atoms. The first kappa shape index (κ1) is 14.1. The Kier molecular flexibility index (Phi) is 3.78. The third-order valence-corrected chi connectivity index (χ3v) is 6.88. The monoisotopic (exact) mass is 305 g/mol. The number of hydrogen-bond acceptors (Lipinski definition) is 4. The number of nitrogens with one attached hydrogen (secondary N) is 1. The van der Waals surface area contributed by atoms with Gasteiger partial charge in [0.15, 0.2) is 0 Å². The van der Waals surface area contributed by atoms with Crippen molar-refractivity contribution in [1.82, 2.24) is 15.5 Å². The highest BCUT2D eigenvalue weighted by molar-refractivity contribution is 7.11. The molecule has 3 saturated carbocycles. The molecule has 3 aliphatic rings. The predicted octanol–water partition coefficient (Wildman–Crippen LogP) is 3.48. The molecular formula is C17H27N3S. The van der Waals surface area contributed by atoms with Gasteiger partial charge in [0.05, 0.1) is 0 Å². The quantitative estimate of drug-likeness (QED) is 0.784. The summed E-state index contributed by atoms with van der Waals surface area (Å²) in [6, 6.07) is 0. The van der Waals surface area contributed by atoms with Crippen LogP contribution in [0, 0.1) is 29.6 Å². The van der Waals surface area contributed by atoms with Crippen molar-refractivity contribution in [2.75, 3.05) is 13.1 Å². The van der Waals surface area contributed by atoms with Gasteiger partial charge >= 0.3 is 0 Å². The molecule has 3 nitrogen and oxygen atoms in total. The van der Waals surface area contributed by atoms with E-state index in [1.165, 1.54) is 35.7 Å². The fourth-order valence-corrected chi connectivity index (χ4v) is 6.01. The molecule has 1 heterocycles. The molecular weight excluding hydrogens is 278 g/mol. The Bertz CT molecular complexity index is 482. The van der Waals surface area contributed by atoms with Crippen molar-refractivity contribution in [2.45, 2.75) is 51.9 Å². The van der Waals surface area contributed by atoms with Gasteiger partial charge in [-0.15, -0.1) is 21.5 Å². The largest absolute Gasteiger partial charge is 0.316 e. The molecule has 1 aromatic rings. The van der Waals surface area contributed by atoms with Crippen molar-refractivity contribution >= 4 is 11.3 Å². The van der Waals surface area contributed by atoms with Gasteiger partial charge in [-0.05, 0) is 68.4 Å². The molecule has 21 heavy (non-hydrogen) atoms. The minimum absolute atomic E-state index is 0.739. The van der Waals surface area contributed by atoms with E-state index >= 15 is 0 Å². The first-order valence-electron chi connectivity index (χ1n) is 8.77. The molecule has 0 aliphatic heterocycles. The fraction of sp³-hybridized carbons (Fsp3) is 0.882. The Labute approximate surface area is 131 Å². The van der Waals surface area contributed by atoms with Crippen LogP contribution in [0.2, 0.25) is 0 Å². The molecule has 0 saturated heterocycles. The topological polar surface area (TPSA) is 37.8 Å². The summed E-state index contributed by atoms with van der Waals surface area (Å²) in [5, 5.41) is 15.1. The van der Waals surface area contributed by atoms with Crippen molar-refractivity contribution in [3.05, 3.63) is 10.0 Å². The van der Waals surface area contributed by atoms with Gasteiger partial charge in [0, 0.05) is 12.3 Å². The van der Waals surface area contributed by atoms with E-state index in [0.717, 1.165) is 55.0 Å². The summed E-state index contributed by atoms with van der Waals surface area (Å²) in [7, 11) is 0. The van der Waals surface area contributed by atoms with Gasteiger partial charge in [0.25, 0.3) is 0 Å². The number of fused-ring (bicyclic) bond motifs is 5. The average molecular weight is 305 g/mol. The van der Waals surface area contributed by atoms with Crippen LogP contribution in [0.5, 0.6) is 0 Å². The van der Waals surface area contributed by atoms with E-state index in [4.69, 9.17) is 0 Å². The zero-order valence-electron chi connectivity index (χ0n) is 13.2. The normalized spacial score (nSPS) is 36.4. The molecule has 0 spiro atoms. The third kappa shape index (κ3) is 2.65. The summed E-state index contributed by atoms with van der Waals surface area (Å²) < 4.78 is 0. The highest BCUT2D eigenvalue weighted by atomic mass is 32.1. The van der Waals surface area contributed by atoms with Crippen molar-refractivity contribution in [2.24, 2.45) is 29.6 Å². The van der Waals surface area contributed by atoms with Crippen molar-refractivity contribution in [3.63, 3.8) is 0 Å². The van der Waals surface area contributed by atoms with Crippen LogP contribution >= 0.6 is 11.3 Å². The maximum absolute atomic E-state index is 4.53. The second-order valence-corrected chi connectivity index (χ2v) is 8.84. The standard InChI is InChI=1S/C17H27N3S/c1-10(2)9-18-7-3-4-13-19-20-17(21-13)16-14-11-5-6-12(8-11)15(14)16/h10-12,14-16,18H,3-9H2,1-2H3. The zero-order valence-corrected chi connectivity index (χ0v) is 14.0. The summed E-state index contributed by atoms with van der Waals surface area (Å²) in [5.41, 5.74) is 0. The number of hydrogen-bond donors (Lipinski definition) is 1. The lowest BCUT2D eigenvalue weighted by atomic mass is 10.0. The molecule has 0 radical (unpaired) electrons. The SMILES string of the molecule is CC(C)CNCCCc1nnc(C2C3C4CCC(C4)C23)s1. The minimum Gasteiger partial charge on any atom is -0.316 e. The second kappa shape index (κ2) is 5.62. The summed E-state index contributed by atoms with van der Waals surface area (Å²) in [4.78, 5) is 0. The van der Waals surface area contributed by atoms with E-state index in [9.17, 15) is 0 Å². The van der Waals surface area contributed by atoms with Gasteiger partial charge in [-0.1, -0.05) is 13.8 Å². The molecule has 1 N–H and O–H groups in total. The van der Waals surface area contributed by atoms with Crippen molar-refractivity contribution in [1.29, 1.82) is 0 Å². The fourth-order valence-electron chi connectivity index (χ4n) is 4.91. The molecule has 1 aromatic heterocycles. The lowest BCUT2D eigenvalue weighted by Crippen LogP contribution is -2.21. The highest BCUT2D eigenvalue weighted by Crippen LogP contribution is 2.73. The Morgan fingerprint density at radius 1 is 1.19 bits per heavy atom. The first-order valence-corrected chi connectivity index (χ1v) is 9.58. The molecule has 4 heteroatoms. The van der Waals surface area contributed by atoms with Gasteiger partial charge in [-0.3, -0.25) is 0 Å². The van der Waals surface area contributed by atoms with Crippen LogP contribution in [-0.2, 0) is 6.42 Å². The van der Waals surface area contributed by atoms with Crippen LogP contribution in [0.3, 0.4) is 0 Å². The van der Waals surface area contributed by atoms with Crippen LogP contribution in [0.15, 0.2) is 0 Å². The van der Waals surface area contributed by atoms with Gasteiger partial charge in [0.1, 0.15) is 10.0 Å². The minimum atomic E-state index is 0.739. The second-order valence-electron chi connectivity index (χ2n) is 7.75. The van der Waals surface area contributed by atoms with E-state index in [0.29, 0.717) is 0 Å². The lowest BCUT2D eigenvalue weighted by Gasteiger charge is -2.05. The molecule has 4 atom stereocenters. The summed E-state index contributed by atoms with van der Waals surface area (Å²) in [5.74, 6) is 5.62. The van der Waals surface area contributed by atoms with Gasteiger partial charge in [-0.25, -0.2) is 0 Å². The number of rotatable bonds is 7. The number of aryl methyl sites for hydroxylation is 1. The van der Waals surface area contributed by atoms with Gasteiger partial charge in [0.2, 0.25) is 0 Å². The molecule has 4 rings (SSSR count). The molecule has 116 valence electrons. The van der Waals surface area contributed by atoms with Crippen LogP contribution in [0.1, 0.15) is 55.5 Å². The van der Waals surface area contributed by atoms with Crippen molar-refractivity contribution in [3.8, 4) is 0 Å². The van der Waals surface area contributed by atoms with Gasteiger partial charge < -0.3 is 5.32 Å². The average Bonchev–Trinajstić information content (AvgIpc) is 2.86. The summed E-state index contributed by atoms with van der Waals surface area (Å²) >= 11 is 1.91. The predicted molar refractivity (Wildman–Crippen MR) is 86.5 cm³/mol. The van der Waals surface area contributed by atoms with Crippen LogP contribution in [0.4, 0.5) is 0 Å². The zero-order chi connectivity index (χ0) is 14.4. The maximum Gasteiger partial charge on any atom is 0.121 e. The Morgan fingerprint density at radius 3 is 2.67 bits per heavy atom. The molecule has 0 amide bonds. The van der Waals surface area contributed by atoms with E-state index in [1.54, 1.807) is 0 Å². The lowest BCUT2D eigenvalue weighted by molar-refractivity contribution is 0.456. The summed E-state index contributed by atoms with van der Waals surface area (Å²) in [6.45, 7) is 6.73. The van der Waals surface area contributed by atoms with E-state index in [2.05, 4.69) is 29.4 Å². The highest BCUT2D eigenvalue weighted by Gasteiger charge is 2.66. The van der Waals surface area contributed by atoms with E-state index in [-0.39, 0.29) is 0 Å². The molecule has 4 unspecified atom stereocenters.